The highest BCUT2D eigenvalue weighted by atomic mass is 16.3. The number of hydrogen-bond acceptors (Lipinski definition) is 2. The molecular weight excluding hydrogens is 198 g/mol. The first-order chi connectivity index (χ1) is 7.72. The van der Waals surface area contributed by atoms with Gasteiger partial charge >= 0.3 is 0 Å². The van der Waals surface area contributed by atoms with E-state index in [1.807, 2.05) is 13.1 Å². The molecule has 2 nitrogen and oxygen atoms in total. The number of aryl methyl sites for hydroxylation is 2. The van der Waals surface area contributed by atoms with Crippen molar-refractivity contribution in [3.8, 4) is 0 Å². The molecule has 1 N–H and O–H groups in total. The van der Waals surface area contributed by atoms with Gasteiger partial charge in [0, 0.05) is 5.56 Å². The van der Waals surface area contributed by atoms with Gasteiger partial charge < -0.3 is 9.73 Å². The van der Waals surface area contributed by atoms with Crippen molar-refractivity contribution in [2.75, 3.05) is 7.05 Å². The van der Waals surface area contributed by atoms with Gasteiger partial charge in [-0.15, -0.1) is 0 Å². The molecule has 1 aromatic heterocycles. The molecule has 1 aromatic carbocycles. The molecule has 1 unspecified atom stereocenters. The molecule has 0 aliphatic carbocycles. The van der Waals surface area contributed by atoms with Gasteiger partial charge in [-0.05, 0) is 43.7 Å². The molecule has 0 bridgehead atoms. The number of furan rings is 1. The van der Waals surface area contributed by atoms with Crippen LogP contribution < -0.4 is 5.32 Å². The maximum absolute atomic E-state index is 5.13. The Kier molecular flexibility index (Phi) is 3.11. The lowest BCUT2D eigenvalue weighted by Crippen LogP contribution is -2.17. The monoisotopic (exact) mass is 215 g/mol. The van der Waals surface area contributed by atoms with Crippen molar-refractivity contribution in [1.29, 1.82) is 0 Å². The van der Waals surface area contributed by atoms with Gasteiger partial charge in [-0.2, -0.15) is 0 Å². The SMILES string of the molecule is CNC(c1ccoc1)c1ccc(C)c(C)c1. The van der Waals surface area contributed by atoms with E-state index in [-0.39, 0.29) is 6.04 Å². The zero-order valence-corrected chi connectivity index (χ0v) is 9.95. The van der Waals surface area contributed by atoms with Crippen LogP contribution in [-0.4, -0.2) is 7.05 Å². The van der Waals surface area contributed by atoms with Crippen LogP contribution in [0, 0.1) is 13.8 Å². The van der Waals surface area contributed by atoms with Crippen molar-refractivity contribution in [2.45, 2.75) is 19.9 Å². The Morgan fingerprint density at radius 1 is 1.06 bits per heavy atom. The molecule has 16 heavy (non-hydrogen) atoms. The van der Waals surface area contributed by atoms with Crippen LogP contribution in [0.5, 0.6) is 0 Å². The lowest BCUT2D eigenvalue weighted by Gasteiger charge is -2.16. The zero-order valence-electron chi connectivity index (χ0n) is 9.95. The van der Waals surface area contributed by atoms with Gasteiger partial charge in [0.25, 0.3) is 0 Å². The van der Waals surface area contributed by atoms with E-state index in [0.29, 0.717) is 0 Å². The Labute approximate surface area is 96.3 Å². The smallest absolute Gasteiger partial charge is 0.0953 e. The van der Waals surface area contributed by atoms with Gasteiger partial charge in [0.1, 0.15) is 0 Å². The van der Waals surface area contributed by atoms with Gasteiger partial charge in [0.2, 0.25) is 0 Å². The van der Waals surface area contributed by atoms with Crippen LogP contribution in [0.3, 0.4) is 0 Å². The molecule has 2 aromatic rings. The summed E-state index contributed by atoms with van der Waals surface area (Å²) in [5.41, 5.74) is 5.07. The van der Waals surface area contributed by atoms with E-state index < -0.39 is 0 Å². The molecule has 0 saturated heterocycles. The van der Waals surface area contributed by atoms with Gasteiger partial charge in [-0.25, -0.2) is 0 Å². The third-order valence-electron chi connectivity index (χ3n) is 3.03. The highest BCUT2D eigenvalue weighted by molar-refractivity contribution is 5.36. The Balaban J connectivity index is 2.37. The van der Waals surface area contributed by atoms with Crippen molar-refractivity contribution in [3.63, 3.8) is 0 Å². The summed E-state index contributed by atoms with van der Waals surface area (Å²) in [6, 6.07) is 8.75. The lowest BCUT2D eigenvalue weighted by atomic mass is 9.97. The fraction of sp³-hybridized carbons (Fsp3) is 0.286. The van der Waals surface area contributed by atoms with E-state index in [4.69, 9.17) is 4.42 Å². The Bertz CT molecular complexity index is 460. The van der Waals surface area contributed by atoms with Gasteiger partial charge in [-0.1, -0.05) is 18.2 Å². The highest BCUT2D eigenvalue weighted by Crippen LogP contribution is 2.23. The first-order valence-corrected chi connectivity index (χ1v) is 5.49. The predicted octanol–water partition coefficient (Wildman–Crippen LogP) is 3.21. The van der Waals surface area contributed by atoms with Crippen LogP contribution in [-0.2, 0) is 0 Å². The summed E-state index contributed by atoms with van der Waals surface area (Å²) in [6.07, 6.45) is 3.50. The van der Waals surface area contributed by atoms with Crippen LogP contribution in [0.15, 0.2) is 41.2 Å². The molecule has 1 atom stereocenters. The molecule has 0 aliphatic heterocycles. The van der Waals surface area contributed by atoms with E-state index in [0.717, 1.165) is 5.56 Å². The van der Waals surface area contributed by atoms with Gasteiger partial charge in [0.15, 0.2) is 0 Å². The average Bonchev–Trinajstić information content (AvgIpc) is 2.78. The molecule has 1 heterocycles. The molecule has 0 saturated carbocycles. The number of hydrogen-bond donors (Lipinski definition) is 1. The quantitative estimate of drug-likeness (QED) is 0.850. The summed E-state index contributed by atoms with van der Waals surface area (Å²) in [6.45, 7) is 4.27. The topological polar surface area (TPSA) is 25.2 Å². The van der Waals surface area contributed by atoms with E-state index in [1.165, 1.54) is 16.7 Å². The molecule has 0 aliphatic rings. The summed E-state index contributed by atoms with van der Waals surface area (Å²) < 4.78 is 5.13. The van der Waals surface area contributed by atoms with E-state index in [1.54, 1.807) is 12.5 Å². The summed E-state index contributed by atoms with van der Waals surface area (Å²) in [7, 11) is 1.97. The van der Waals surface area contributed by atoms with Crippen molar-refractivity contribution < 1.29 is 4.42 Å². The van der Waals surface area contributed by atoms with Crippen LogP contribution in [0.2, 0.25) is 0 Å². The minimum Gasteiger partial charge on any atom is -0.472 e. The predicted molar refractivity (Wildman–Crippen MR) is 65.5 cm³/mol. The number of rotatable bonds is 3. The third kappa shape index (κ3) is 2.02. The average molecular weight is 215 g/mol. The third-order valence-corrected chi connectivity index (χ3v) is 3.03. The summed E-state index contributed by atoms with van der Waals surface area (Å²) >= 11 is 0. The van der Waals surface area contributed by atoms with E-state index >= 15 is 0 Å². The normalized spacial score (nSPS) is 12.7. The van der Waals surface area contributed by atoms with E-state index in [2.05, 4.69) is 37.4 Å². The van der Waals surface area contributed by atoms with Crippen molar-refractivity contribution in [3.05, 3.63) is 59.0 Å². The van der Waals surface area contributed by atoms with Crippen LogP contribution >= 0.6 is 0 Å². The van der Waals surface area contributed by atoms with Crippen LogP contribution in [0.1, 0.15) is 28.3 Å². The van der Waals surface area contributed by atoms with Crippen LogP contribution in [0.4, 0.5) is 0 Å². The second-order valence-corrected chi connectivity index (χ2v) is 4.12. The molecule has 0 radical (unpaired) electrons. The summed E-state index contributed by atoms with van der Waals surface area (Å²) in [5, 5.41) is 3.31. The molecule has 0 amide bonds. The standard InChI is InChI=1S/C14H17NO/c1-10-4-5-12(8-11(10)2)14(15-3)13-6-7-16-9-13/h4-9,14-15H,1-3H3. The van der Waals surface area contributed by atoms with E-state index in [9.17, 15) is 0 Å². The molecule has 84 valence electrons. The Morgan fingerprint density at radius 2 is 1.88 bits per heavy atom. The largest absolute Gasteiger partial charge is 0.472 e. The fourth-order valence-corrected chi connectivity index (χ4v) is 1.91. The maximum Gasteiger partial charge on any atom is 0.0953 e. The Morgan fingerprint density at radius 3 is 2.44 bits per heavy atom. The Hall–Kier alpha value is -1.54. The second-order valence-electron chi connectivity index (χ2n) is 4.12. The molecule has 0 spiro atoms. The first-order valence-electron chi connectivity index (χ1n) is 5.49. The highest BCUT2D eigenvalue weighted by Gasteiger charge is 2.13. The van der Waals surface area contributed by atoms with Crippen molar-refractivity contribution >= 4 is 0 Å². The second kappa shape index (κ2) is 4.54. The number of nitrogens with one attached hydrogen (secondary N) is 1. The summed E-state index contributed by atoms with van der Waals surface area (Å²) in [5.74, 6) is 0. The van der Waals surface area contributed by atoms with Gasteiger partial charge in [0.05, 0.1) is 18.6 Å². The number of benzene rings is 1. The van der Waals surface area contributed by atoms with Crippen molar-refractivity contribution in [2.24, 2.45) is 0 Å². The molecule has 2 heteroatoms. The molecule has 2 rings (SSSR count). The molecular formula is C14H17NO. The minimum atomic E-state index is 0.207. The van der Waals surface area contributed by atoms with Gasteiger partial charge in [-0.3, -0.25) is 0 Å². The molecule has 0 fully saturated rings. The first kappa shape index (κ1) is 11.0. The van der Waals surface area contributed by atoms with Crippen molar-refractivity contribution in [1.82, 2.24) is 5.32 Å². The fourth-order valence-electron chi connectivity index (χ4n) is 1.91. The minimum absolute atomic E-state index is 0.207. The lowest BCUT2D eigenvalue weighted by molar-refractivity contribution is 0.557. The summed E-state index contributed by atoms with van der Waals surface area (Å²) in [4.78, 5) is 0. The zero-order chi connectivity index (χ0) is 11.5. The van der Waals surface area contributed by atoms with Crippen LogP contribution in [0.25, 0.3) is 0 Å². The maximum atomic E-state index is 5.13.